The highest BCUT2D eigenvalue weighted by Crippen LogP contribution is 2.41. The molecule has 1 aromatic rings. The van der Waals surface area contributed by atoms with E-state index in [9.17, 15) is 26.3 Å². The fraction of sp³-hybridized carbons (Fsp3) is 0.375. The van der Waals surface area contributed by atoms with Crippen molar-refractivity contribution >= 4 is 34.2 Å². The fourth-order valence-electron chi connectivity index (χ4n) is 1.07. The molecule has 0 radical (unpaired) electrons. The lowest BCUT2D eigenvalue weighted by Crippen LogP contribution is -2.21. The Morgan fingerprint density at radius 1 is 1.22 bits per heavy atom. The SMILES string of the molecule is FC(F)(F)Oc1cnc(CCl)c(I)c1C(F)(F)F. The van der Waals surface area contributed by atoms with Crippen LogP contribution in [-0.2, 0) is 12.1 Å². The number of alkyl halides is 7. The minimum Gasteiger partial charge on any atom is -0.403 e. The molecule has 2 nitrogen and oxygen atoms in total. The normalized spacial score (nSPS) is 12.7. The maximum absolute atomic E-state index is 12.7. The van der Waals surface area contributed by atoms with Crippen LogP contribution in [0.4, 0.5) is 26.3 Å². The summed E-state index contributed by atoms with van der Waals surface area (Å²) in [5, 5.41) is 0. The van der Waals surface area contributed by atoms with E-state index in [1.54, 1.807) is 0 Å². The van der Waals surface area contributed by atoms with E-state index in [-0.39, 0.29) is 11.6 Å². The molecular weight excluding hydrogens is 402 g/mol. The molecular formula is C8H3ClF6INO. The van der Waals surface area contributed by atoms with Crippen molar-refractivity contribution in [2.45, 2.75) is 18.4 Å². The lowest BCUT2D eigenvalue weighted by molar-refractivity contribution is -0.276. The molecule has 0 unspecified atom stereocenters. The number of ether oxygens (including phenoxy) is 1. The van der Waals surface area contributed by atoms with E-state index in [0.717, 1.165) is 0 Å². The quantitative estimate of drug-likeness (QED) is 0.415. The van der Waals surface area contributed by atoms with E-state index in [2.05, 4.69) is 9.72 Å². The first-order valence-corrected chi connectivity index (χ1v) is 5.74. The Morgan fingerprint density at radius 2 is 1.78 bits per heavy atom. The number of halogens is 8. The molecule has 18 heavy (non-hydrogen) atoms. The van der Waals surface area contributed by atoms with Gasteiger partial charge < -0.3 is 4.74 Å². The Morgan fingerprint density at radius 3 is 2.17 bits per heavy atom. The maximum Gasteiger partial charge on any atom is 0.573 e. The van der Waals surface area contributed by atoms with Gasteiger partial charge in [-0.25, -0.2) is 0 Å². The number of hydrogen-bond donors (Lipinski definition) is 0. The molecule has 1 heterocycles. The second-order valence-electron chi connectivity index (χ2n) is 2.94. The van der Waals surface area contributed by atoms with Gasteiger partial charge in [-0.1, -0.05) is 0 Å². The first-order valence-electron chi connectivity index (χ1n) is 4.12. The second kappa shape index (κ2) is 5.27. The van der Waals surface area contributed by atoms with Gasteiger partial charge >= 0.3 is 12.5 Å². The molecule has 0 aliphatic heterocycles. The monoisotopic (exact) mass is 405 g/mol. The van der Waals surface area contributed by atoms with Gasteiger partial charge in [0, 0.05) is 0 Å². The first kappa shape index (κ1) is 15.6. The van der Waals surface area contributed by atoms with E-state index < -0.39 is 27.4 Å². The number of rotatable bonds is 2. The Hall–Kier alpha value is -0.450. The van der Waals surface area contributed by atoms with Gasteiger partial charge in [0.15, 0.2) is 5.75 Å². The van der Waals surface area contributed by atoms with Crippen molar-refractivity contribution in [2.24, 2.45) is 0 Å². The van der Waals surface area contributed by atoms with E-state index in [4.69, 9.17) is 11.6 Å². The summed E-state index contributed by atoms with van der Waals surface area (Å²) >= 11 is 6.57. The average Bonchev–Trinajstić information content (AvgIpc) is 2.13. The van der Waals surface area contributed by atoms with Crippen molar-refractivity contribution in [3.05, 3.63) is 21.0 Å². The smallest absolute Gasteiger partial charge is 0.403 e. The number of nitrogens with zero attached hydrogens (tertiary/aromatic N) is 1. The summed E-state index contributed by atoms with van der Waals surface area (Å²) in [6.45, 7) is 0. The first-order chi connectivity index (χ1) is 8.06. The van der Waals surface area contributed by atoms with Gasteiger partial charge in [-0.2, -0.15) is 13.2 Å². The summed E-state index contributed by atoms with van der Waals surface area (Å²) < 4.78 is 76.8. The van der Waals surface area contributed by atoms with Crippen LogP contribution in [0.25, 0.3) is 0 Å². The minimum atomic E-state index is -5.23. The molecule has 102 valence electrons. The summed E-state index contributed by atoms with van der Waals surface area (Å²) in [5.74, 6) is -1.75. The highest BCUT2D eigenvalue weighted by molar-refractivity contribution is 14.1. The lowest BCUT2D eigenvalue weighted by Gasteiger charge is -2.17. The summed E-state index contributed by atoms with van der Waals surface area (Å²) in [6, 6.07) is 0. The third-order valence-corrected chi connectivity index (χ3v) is 3.11. The van der Waals surface area contributed by atoms with Gasteiger partial charge in [-0.05, 0) is 22.6 Å². The van der Waals surface area contributed by atoms with Gasteiger partial charge in [0.25, 0.3) is 0 Å². The second-order valence-corrected chi connectivity index (χ2v) is 4.28. The van der Waals surface area contributed by atoms with Crippen LogP contribution in [0.1, 0.15) is 11.3 Å². The predicted molar refractivity (Wildman–Crippen MR) is 58.2 cm³/mol. The molecule has 10 heteroatoms. The van der Waals surface area contributed by atoms with Crippen molar-refractivity contribution < 1.29 is 31.1 Å². The van der Waals surface area contributed by atoms with E-state index in [0.29, 0.717) is 6.20 Å². The molecule has 0 aliphatic carbocycles. The topological polar surface area (TPSA) is 22.1 Å². The Kier molecular flexibility index (Phi) is 4.57. The van der Waals surface area contributed by atoms with E-state index >= 15 is 0 Å². The summed E-state index contributed by atoms with van der Waals surface area (Å²) in [6.07, 6.45) is -9.87. The molecule has 0 atom stereocenters. The van der Waals surface area contributed by atoms with Crippen molar-refractivity contribution in [3.63, 3.8) is 0 Å². The van der Waals surface area contributed by atoms with Crippen LogP contribution >= 0.6 is 34.2 Å². The van der Waals surface area contributed by atoms with Gasteiger partial charge in [0.05, 0.1) is 21.3 Å². The molecule has 0 fully saturated rings. The van der Waals surface area contributed by atoms with Crippen LogP contribution in [-0.4, -0.2) is 11.3 Å². The van der Waals surface area contributed by atoms with Gasteiger partial charge in [-0.3, -0.25) is 4.98 Å². The Labute approximate surface area is 115 Å². The predicted octanol–water partition coefficient (Wildman–Crippen LogP) is 4.34. The van der Waals surface area contributed by atoms with Crippen LogP contribution in [0.5, 0.6) is 5.75 Å². The zero-order valence-corrected chi connectivity index (χ0v) is 11.1. The average molecular weight is 405 g/mol. The third-order valence-electron chi connectivity index (χ3n) is 1.69. The minimum absolute atomic E-state index is 0.167. The van der Waals surface area contributed by atoms with E-state index in [1.807, 2.05) is 0 Å². The fourth-order valence-corrected chi connectivity index (χ4v) is 2.40. The van der Waals surface area contributed by atoms with Crippen LogP contribution < -0.4 is 4.74 Å². The molecule has 1 rings (SSSR count). The standard InChI is InChI=1S/C8H3ClF6INO/c9-1-3-6(16)5(7(10,11)12)4(2-17-3)18-8(13,14)15/h2H,1H2. The summed E-state index contributed by atoms with van der Waals surface area (Å²) in [7, 11) is 0. The van der Waals surface area contributed by atoms with Gasteiger partial charge in [-0.15, -0.1) is 24.8 Å². The van der Waals surface area contributed by atoms with Crippen LogP contribution in [0.2, 0.25) is 0 Å². The molecule has 0 N–H and O–H groups in total. The highest BCUT2D eigenvalue weighted by atomic mass is 127. The molecule has 0 spiro atoms. The zero-order valence-electron chi connectivity index (χ0n) is 8.16. The maximum atomic E-state index is 12.7. The van der Waals surface area contributed by atoms with Crippen molar-refractivity contribution in [1.29, 1.82) is 0 Å². The molecule has 0 saturated carbocycles. The van der Waals surface area contributed by atoms with Crippen LogP contribution in [0.15, 0.2) is 6.20 Å². The summed E-state index contributed by atoms with van der Waals surface area (Å²) in [5.41, 5.74) is -1.70. The van der Waals surface area contributed by atoms with Crippen LogP contribution in [0.3, 0.4) is 0 Å². The Bertz CT molecular complexity index is 446. The molecule has 0 aliphatic rings. The third kappa shape index (κ3) is 3.77. The molecule has 0 saturated heterocycles. The summed E-state index contributed by atoms with van der Waals surface area (Å²) in [4.78, 5) is 3.39. The largest absolute Gasteiger partial charge is 0.573 e. The highest BCUT2D eigenvalue weighted by Gasteiger charge is 2.42. The van der Waals surface area contributed by atoms with Gasteiger partial charge in [0.1, 0.15) is 5.56 Å². The lowest BCUT2D eigenvalue weighted by atomic mass is 10.2. The molecule has 0 bridgehead atoms. The van der Waals surface area contributed by atoms with Gasteiger partial charge in [0.2, 0.25) is 0 Å². The number of hydrogen-bond acceptors (Lipinski definition) is 2. The zero-order chi connectivity index (χ0) is 14.1. The van der Waals surface area contributed by atoms with Crippen LogP contribution in [0, 0.1) is 3.57 Å². The van der Waals surface area contributed by atoms with E-state index in [1.165, 1.54) is 22.6 Å². The molecule has 0 amide bonds. The van der Waals surface area contributed by atoms with Crippen molar-refractivity contribution in [2.75, 3.05) is 0 Å². The van der Waals surface area contributed by atoms with Crippen molar-refractivity contribution in [1.82, 2.24) is 4.98 Å². The molecule has 0 aromatic carbocycles. The number of aromatic nitrogens is 1. The van der Waals surface area contributed by atoms with Crippen molar-refractivity contribution in [3.8, 4) is 5.75 Å². The Balaban J connectivity index is 3.39. The molecule has 1 aromatic heterocycles. The number of pyridine rings is 1.